The number of hydrogen-bond acceptors (Lipinski definition) is 2. The Balaban J connectivity index is 0.000000187. The van der Waals surface area contributed by atoms with Crippen molar-refractivity contribution in [2.24, 2.45) is 4.99 Å². The molecule has 0 spiro atoms. The third-order valence-electron chi connectivity index (χ3n) is 1.52. The molecule has 0 saturated carbocycles. The van der Waals surface area contributed by atoms with E-state index < -0.39 is 0 Å². The molecular formula is C9H8Br3ClN2. The molecule has 0 amide bonds. The van der Waals surface area contributed by atoms with Gasteiger partial charge in [-0.15, -0.1) is 0 Å². The fraction of sp³-hybridized carbons (Fsp3) is 0.222. The fourth-order valence-corrected chi connectivity index (χ4v) is 3.22. The van der Waals surface area contributed by atoms with Crippen molar-refractivity contribution in [2.45, 2.75) is 0 Å². The summed E-state index contributed by atoms with van der Waals surface area (Å²) in [7, 11) is 0. The maximum absolute atomic E-state index is 5.84. The van der Waals surface area contributed by atoms with Crippen LogP contribution in [0.1, 0.15) is 0 Å². The normalized spacial score (nSPS) is 13.1. The molecule has 0 aliphatic carbocycles. The monoisotopic (exact) mass is 416 g/mol. The molecule has 1 aliphatic rings. The van der Waals surface area contributed by atoms with Crippen LogP contribution < -0.4 is 5.32 Å². The van der Waals surface area contributed by atoms with Gasteiger partial charge in [0.15, 0.2) is 0 Å². The molecule has 1 heterocycles. The van der Waals surface area contributed by atoms with E-state index in [-0.39, 0.29) is 0 Å². The molecule has 82 valence electrons. The van der Waals surface area contributed by atoms with Crippen molar-refractivity contribution in [2.75, 3.05) is 13.1 Å². The number of benzene rings is 1. The van der Waals surface area contributed by atoms with Crippen molar-refractivity contribution in [3.8, 4) is 0 Å². The molecule has 0 fully saturated rings. The van der Waals surface area contributed by atoms with Crippen LogP contribution >= 0.6 is 59.4 Å². The van der Waals surface area contributed by atoms with E-state index in [9.17, 15) is 0 Å². The summed E-state index contributed by atoms with van der Waals surface area (Å²) in [6, 6.07) is 3.79. The van der Waals surface area contributed by atoms with Crippen LogP contribution in [0.15, 0.2) is 30.5 Å². The second kappa shape index (κ2) is 6.89. The lowest BCUT2D eigenvalue weighted by Crippen LogP contribution is -2.04. The first-order valence-corrected chi connectivity index (χ1v) is 6.88. The molecule has 6 heteroatoms. The van der Waals surface area contributed by atoms with Gasteiger partial charge in [0.1, 0.15) is 0 Å². The van der Waals surface area contributed by atoms with E-state index in [1.165, 1.54) is 0 Å². The van der Waals surface area contributed by atoms with E-state index in [0.717, 1.165) is 26.5 Å². The van der Waals surface area contributed by atoms with Gasteiger partial charge in [0.05, 0.1) is 17.9 Å². The lowest BCUT2D eigenvalue weighted by molar-refractivity contribution is 0.965. The summed E-state index contributed by atoms with van der Waals surface area (Å²) in [5.41, 5.74) is 0. The van der Waals surface area contributed by atoms with Crippen molar-refractivity contribution in [1.82, 2.24) is 5.32 Å². The highest BCUT2D eigenvalue weighted by Gasteiger charge is 2.02. The van der Waals surface area contributed by atoms with Crippen molar-refractivity contribution >= 4 is 65.7 Å². The zero-order valence-electron chi connectivity index (χ0n) is 7.61. The maximum Gasteiger partial charge on any atom is 0.0825 e. The van der Waals surface area contributed by atoms with Gasteiger partial charge in [-0.2, -0.15) is 0 Å². The quantitative estimate of drug-likeness (QED) is 0.494. The summed E-state index contributed by atoms with van der Waals surface area (Å²) < 4.78 is 2.77. The first-order chi connectivity index (χ1) is 7.11. The van der Waals surface area contributed by atoms with Gasteiger partial charge >= 0.3 is 0 Å². The van der Waals surface area contributed by atoms with Crippen LogP contribution in [0.2, 0.25) is 5.02 Å². The zero-order chi connectivity index (χ0) is 11.3. The summed E-state index contributed by atoms with van der Waals surface area (Å²) in [5, 5.41) is 3.63. The second-order valence-electron chi connectivity index (χ2n) is 2.67. The number of aliphatic imine (C=N–C) groups is 1. The molecule has 0 aromatic heterocycles. The molecule has 2 rings (SSSR count). The van der Waals surface area contributed by atoms with Gasteiger partial charge in [-0.1, -0.05) is 27.5 Å². The lowest BCUT2D eigenvalue weighted by Gasteiger charge is -1.98. The third kappa shape index (κ3) is 4.85. The summed E-state index contributed by atoms with van der Waals surface area (Å²) in [5.74, 6) is 0. The van der Waals surface area contributed by atoms with Crippen LogP contribution in [0, 0.1) is 0 Å². The highest BCUT2D eigenvalue weighted by Crippen LogP contribution is 2.33. The van der Waals surface area contributed by atoms with Crippen LogP contribution in [0.5, 0.6) is 0 Å². The lowest BCUT2D eigenvalue weighted by atomic mass is 10.4. The Bertz CT molecular complexity index is 339. The van der Waals surface area contributed by atoms with E-state index in [4.69, 9.17) is 11.6 Å². The molecule has 1 aliphatic heterocycles. The maximum atomic E-state index is 5.84. The molecule has 15 heavy (non-hydrogen) atoms. The number of nitrogens with one attached hydrogen (secondary N) is 1. The molecule has 0 radical (unpaired) electrons. The first kappa shape index (κ1) is 13.5. The van der Waals surface area contributed by atoms with Gasteiger partial charge < -0.3 is 5.32 Å². The standard InChI is InChI=1S/C6H2Br3Cl.C3H6N2/c7-3-1-4(8)6(10)5(9)2-3;1-2-5-3-4-1/h1-2H;3H,1-2H2,(H,4,5). The van der Waals surface area contributed by atoms with E-state index >= 15 is 0 Å². The SMILES string of the molecule is C1=NCCN1.Clc1c(Br)cc(Br)cc1Br. The molecule has 1 aromatic rings. The van der Waals surface area contributed by atoms with Crippen LogP contribution in [-0.4, -0.2) is 19.4 Å². The summed E-state index contributed by atoms with van der Waals surface area (Å²) in [6.07, 6.45) is 1.74. The Labute approximate surface area is 119 Å². The summed E-state index contributed by atoms with van der Waals surface area (Å²) in [6.45, 7) is 1.99. The van der Waals surface area contributed by atoms with Gasteiger partial charge in [-0.05, 0) is 44.0 Å². The highest BCUT2D eigenvalue weighted by atomic mass is 79.9. The van der Waals surface area contributed by atoms with E-state index in [0.29, 0.717) is 5.02 Å². The minimum absolute atomic E-state index is 0.697. The van der Waals surface area contributed by atoms with E-state index in [1.54, 1.807) is 6.34 Å². The number of rotatable bonds is 0. The molecule has 1 aromatic carbocycles. The summed E-state index contributed by atoms with van der Waals surface area (Å²) in [4.78, 5) is 3.85. The molecule has 0 saturated heterocycles. The Kier molecular flexibility index (Phi) is 6.19. The topological polar surface area (TPSA) is 24.4 Å². The number of hydrogen-bond donors (Lipinski definition) is 1. The third-order valence-corrected chi connectivity index (χ3v) is 4.09. The van der Waals surface area contributed by atoms with Crippen LogP contribution in [0.25, 0.3) is 0 Å². The van der Waals surface area contributed by atoms with Gasteiger partial charge in [-0.25, -0.2) is 0 Å². The Hall–Kier alpha value is 0.420. The molecule has 0 atom stereocenters. The number of nitrogens with zero attached hydrogens (tertiary/aromatic N) is 1. The van der Waals surface area contributed by atoms with Crippen molar-refractivity contribution in [3.63, 3.8) is 0 Å². The minimum Gasteiger partial charge on any atom is -0.375 e. The predicted octanol–water partition coefficient (Wildman–Crippen LogP) is 4.25. The van der Waals surface area contributed by atoms with Crippen LogP contribution in [0.4, 0.5) is 0 Å². The van der Waals surface area contributed by atoms with Gasteiger partial charge in [0, 0.05) is 20.0 Å². The second-order valence-corrected chi connectivity index (χ2v) is 5.68. The Morgan fingerprint density at radius 3 is 2.13 bits per heavy atom. The van der Waals surface area contributed by atoms with Crippen molar-refractivity contribution in [3.05, 3.63) is 30.6 Å². The van der Waals surface area contributed by atoms with Crippen molar-refractivity contribution < 1.29 is 0 Å². The number of halogens is 4. The fourth-order valence-electron chi connectivity index (χ4n) is 0.847. The molecule has 0 unspecified atom stereocenters. The highest BCUT2D eigenvalue weighted by molar-refractivity contribution is 9.11. The zero-order valence-corrected chi connectivity index (χ0v) is 13.1. The summed E-state index contributed by atoms with van der Waals surface area (Å²) >= 11 is 15.8. The van der Waals surface area contributed by atoms with Gasteiger partial charge in [0.25, 0.3) is 0 Å². The van der Waals surface area contributed by atoms with Crippen LogP contribution in [0.3, 0.4) is 0 Å². The Morgan fingerprint density at radius 1 is 1.20 bits per heavy atom. The molecule has 1 N–H and O–H groups in total. The van der Waals surface area contributed by atoms with E-state index in [1.807, 2.05) is 12.1 Å². The molecule has 0 bridgehead atoms. The average molecular weight is 419 g/mol. The molecule has 2 nitrogen and oxygen atoms in total. The molecular weight excluding hydrogens is 411 g/mol. The Morgan fingerprint density at radius 2 is 1.80 bits per heavy atom. The van der Waals surface area contributed by atoms with Crippen LogP contribution in [-0.2, 0) is 0 Å². The first-order valence-electron chi connectivity index (χ1n) is 4.13. The largest absolute Gasteiger partial charge is 0.375 e. The minimum atomic E-state index is 0.697. The van der Waals surface area contributed by atoms with Gasteiger partial charge in [0.2, 0.25) is 0 Å². The van der Waals surface area contributed by atoms with Gasteiger partial charge in [-0.3, -0.25) is 4.99 Å². The van der Waals surface area contributed by atoms with E-state index in [2.05, 4.69) is 58.1 Å². The predicted molar refractivity (Wildman–Crippen MR) is 75.9 cm³/mol. The smallest absolute Gasteiger partial charge is 0.0825 e. The average Bonchev–Trinajstić information content (AvgIpc) is 2.71. The van der Waals surface area contributed by atoms with Crippen molar-refractivity contribution in [1.29, 1.82) is 0 Å².